The lowest BCUT2D eigenvalue weighted by molar-refractivity contribution is 0.143. The van der Waals surface area contributed by atoms with Gasteiger partial charge in [-0.1, -0.05) is 18.2 Å². The summed E-state index contributed by atoms with van der Waals surface area (Å²) in [5.41, 5.74) is 0.938. The normalized spacial score (nSPS) is 17.5. The van der Waals surface area contributed by atoms with Crippen LogP contribution in [0.2, 0.25) is 0 Å². The lowest BCUT2D eigenvalue weighted by Gasteiger charge is -2.32. The SMILES string of the molecule is Cc1cccc(S(=O)(=O)NCC2CCN(CCOc3cccc4c3OCCO4)CC2)c1. The maximum absolute atomic E-state index is 12.5. The molecular weight excluding hydrogens is 416 g/mol. The molecule has 1 saturated heterocycles. The fourth-order valence-electron chi connectivity index (χ4n) is 3.95. The summed E-state index contributed by atoms with van der Waals surface area (Å²) in [5.74, 6) is 2.49. The highest BCUT2D eigenvalue weighted by molar-refractivity contribution is 7.89. The molecule has 0 saturated carbocycles. The van der Waals surface area contributed by atoms with Crippen LogP contribution in [0.5, 0.6) is 17.2 Å². The number of benzene rings is 2. The molecular formula is C23H30N2O5S. The van der Waals surface area contributed by atoms with Gasteiger partial charge in [0.2, 0.25) is 15.8 Å². The highest BCUT2D eigenvalue weighted by Gasteiger charge is 2.22. The molecule has 1 N–H and O–H groups in total. The molecule has 0 aromatic heterocycles. The molecule has 168 valence electrons. The summed E-state index contributed by atoms with van der Waals surface area (Å²) in [4.78, 5) is 2.69. The Labute approximate surface area is 184 Å². The molecule has 0 bridgehead atoms. The molecule has 0 atom stereocenters. The molecule has 4 rings (SSSR count). The second-order valence-corrected chi connectivity index (χ2v) is 9.85. The van der Waals surface area contributed by atoms with Crippen molar-refractivity contribution >= 4 is 10.0 Å². The van der Waals surface area contributed by atoms with Crippen molar-refractivity contribution in [2.24, 2.45) is 5.92 Å². The minimum atomic E-state index is -3.45. The average Bonchev–Trinajstić information content (AvgIpc) is 2.79. The predicted molar refractivity (Wildman–Crippen MR) is 118 cm³/mol. The fourth-order valence-corrected chi connectivity index (χ4v) is 5.17. The van der Waals surface area contributed by atoms with E-state index in [0.29, 0.717) is 42.9 Å². The van der Waals surface area contributed by atoms with E-state index in [-0.39, 0.29) is 0 Å². The number of fused-ring (bicyclic) bond motifs is 1. The van der Waals surface area contributed by atoms with E-state index < -0.39 is 10.0 Å². The van der Waals surface area contributed by atoms with Gasteiger partial charge in [-0.05, 0) is 68.6 Å². The van der Waals surface area contributed by atoms with E-state index in [1.54, 1.807) is 18.2 Å². The highest BCUT2D eigenvalue weighted by Crippen LogP contribution is 2.38. The summed E-state index contributed by atoms with van der Waals surface area (Å²) in [6.45, 7) is 6.75. The third-order valence-electron chi connectivity index (χ3n) is 5.76. The summed E-state index contributed by atoms with van der Waals surface area (Å²) in [6, 6.07) is 12.7. The van der Waals surface area contributed by atoms with Crippen LogP contribution in [0.4, 0.5) is 0 Å². The van der Waals surface area contributed by atoms with E-state index in [2.05, 4.69) is 9.62 Å². The van der Waals surface area contributed by atoms with E-state index in [1.165, 1.54) is 0 Å². The standard InChI is InChI=1S/C23H30N2O5S/c1-18-4-2-5-20(16-18)31(26,27)24-17-19-8-10-25(11-9-19)12-13-28-21-6-3-7-22-23(21)30-15-14-29-22/h2-7,16,19,24H,8-15,17H2,1H3. The molecule has 0 radical (unpaired) electrons. The number of nitrogens with zero attached hydrogens (tertiary/aromatic N) is 1. The number of para-hydroxylation sites is 1. The second kappa shape index (κ2) is 9.89. The van der Waals surface area contributed by atoms with Gasteiger partial charge in [0.1, 0.15) is 19.8 Å². The molecule has 2 heterocycles. The third-order valence-corrected chi connectivity index (χ3v) is 7.19. The summed E-state index contributed by atoms with van der Waals surface area (Å²) in [6.07, 6.45) is 1.93. The van der Waals surface area contributed by atoms with Crippen LogP contribution in [0.15, 0.2) is 47.4 Å². The van der Waals surface area contributed by atoms with Crippen LogP contribution in [0.1, 0.15) is 18.4 Å². The highest BCUT2D eigenvalue weighted by atomic mass is 32.2. The van der Waals surface area contributed by atoms with Crippen LogP contribution in [0.25, 0.3) is 0 Å². The molecule has 2 aliphatic heterocycles. The Balaban J connectivity index is 1.19. The van der Waals surface area contributed by atoms with Crippen molar-refractivity contribution in [2.75, 3.05) is 46.0 Å². The van der Waals surface area contributed by atoms with Crippen molar-refractivity contribution in [1.29, 1.82) is 0 Å². The Kier molecular flexibility index (Phi) is 6.99. The van der Waals surface area contributed by atoms with Gasteiger partial charge in [0.05, 0.1) is 4.90 Å². The monoisotopic (exact) mass is 446 g/mol. The predicted octanol–water partition coefficient (Wildman–Crippen LogP) is 2.84. The summed E-state index contributed by atoms with van der Waals surface area (Å²) in [5, 5.41) is 0. The Morgan fingerprint density at radius 1 is 1.10 bits per heavy atom. The van der Waals surface area contributed by atoms with Crippen LogP contribution in [0.3, 0.4) is 0 Å². The number of ether oxygens (including phenoxy) is 3. The Morgan fingerprint density at radius 2 is 1.87 bits per heavy atom. The zero-order valence-electron chi connectivity index (χ0n) is 17.9. The fraction of sp³-hybridized carbons (Fsp3) is 0.478. The zero-order chi connectivity index (χ0) is 21.7. The van der Waals surface area contributed by atoms with Crippen LogP contribution < -0.4 is 18.9 Å². The maximum Gasteiger partial charge on any atom is 0.240 e. The molecule has 0 spiro atoms. The van der Waals surface area contributed by atoms with Gasteiger partial charge in [-0.25, -0.2) is 13.1 Å². The van der Waals surface area contributed by atoms with Gasteiger partial charge in [0, 0.05) is 13.1 Å². The van der Waals surface area contributed by atoms with Gasteiger partial charge in [0.15, 0.2) is 11.5 Å². The van der Waals surface area contributed by atoms with E-state index in [1.807, 2.05) is 31.2 Å². The number of aryl methyl sites for hydroxylation is 1. The number of likely N-dealkylation sites (tertiary alicyclic amines) is 1. The van der Waals surface area contributed by atoms with Crippen molar-refractivity contribution in [3.63, 3.8) is 0 Å². The number of rotatable bonds is 8. The van der Waals surface area contributed by atoms with E-state index in [4.69, 9.17) is 14.2 Å². The summed E-state index contributed by atoms with van der Waals surface area (Å²) in [7, 11) is -3.45. The minimum absolute atomic E-state index is 0.333. The first kappa shape index (κ1) is 21.9. The van der Waals surface area contributed by atoms with Crippen molar-refractivity contribution < 1.29 is 22.6 Å². The van der Waals surface area contributed by atoms with Crippen LogP contribution in [-0.4, -0.2) is 59.3 Å². The van der Waals surface area contributed by atoms with Gasteiger partial charge in [-0.2, -0.15) is 0 Å². The minimum Gasteiger partial charge on any atom is -0.488 e. The molecule has 7 nitrogen and oxygen atoms in total. The van der Waals surface area contributed by atoms with Crippen molar-refractivity contribution in [3.8, 4) is 17.2 Å². The van der Waals surface area contributed by atoms with Gasteiger partial charge in [-0.15, -0.1) is 0 Å². The molecule has 0 amide bonds. The van der Waals surface area contributed by atoms with Crippen LogP contribution in [0, 0.1) is 12.8 Å². The first-order chi connectivity index (χ1) is 15.0. The molecule has 0 unspecified atom stereocenters. The number of hydrogen-bond acceptors (Lipinski definition) is 6. The summed E-state index contributed by atoms with van der Waals surface area (Å²) >= 11 is 0. The van der Waals surface area contributed by atoms with Gasteiger partial charge in [0.25, 0.3) is 0 Å². The number of piperidine rings is 1. The van der Waals surface area contributed by atoms with Gasteiger partial charge >= 0.3 is 0 Å². The first-order valence-corrected chi connectivity index (χ1v) is 12.3. The van der Waals surface area contributed by atoms with Crippen molar-refractivity contribution in [2.45, 2.75) is 24.7 Å². The van der Waals surface area contributed by atoms with Crippen LogP contribution >= 0.6 is 0 Å². The largest absolute Gasteiger partial charge is 0.488 e. The number of sulfonamides is 1. The third kappa shape index (κ3) is 5.70. The maximum atomic E-state index is 12.5. The smallest absolute Gasteiger partial charge is 0.240 e. The molecule has 1 fully saturated rings. The molecule has 2 aromatic rings. The lowest BCUT2D eigenvalue weighted by Crippen LogP contribution is -2.40. The molecule has 0 aliphatic carbocycles. The van der Waals surface area contributed by atoms with E-state index in [0.717, 1.165) is 49.5 Å². The Bertz CT molecular complexity index is 987. The topological polar surface area (TPSA) is 77.1 Å². The van der Waals surface area contributed by atoms with Crippen molar-refractivity contribution in [3.05, 3.63) is 48.0 Å². The average molecular weight is 447 g/mol. The molecule has 31 heavy (non-hydrogen) atoms. The molecule has 2 aromatic carbocycles. The molecule has 8 heteroatoms. The van der Waals surface area contributed by atoms with Gasteiger partial charge in [-0.3, -0.25) is 4.90 Å². The lowest BCUT2D eigenvalue weighted by atomic mass is 9.97. The van der Waals surface area contributed by atoms with Crippen LogP contribution in [-0.2, 0) is 10.0 Å². The second-order valence-electron chi connectivity index (χ2n) is 8.08. The number of nitrogens with one attached hydrogen (secondary N) is 1. The Morgan fingerprint density at radius 3 is 2.68 bits per heavy atom. The van der Waals surface area contributed by atoms with E-state index in [9.17, 15) is 8.42 Å². The van der Waals surface area contributed by atoms with E-state index >= 15 is 0 Å². The number of hydrogen-bond donors (Lipinski definition) is 1. The quantitative estimate of drug-likeness (QED) is 0.672. The Hall–Kier alpha value is -2.29. The van der Waals surface area contributed by atoms with Gasteiger partial charge < -0.3 is 14.2 Å². The first-order valence-electron chi connectivity index (χ1n) is 10.8. The zero-order valence-corrected chi connectivity index (χ0v) is 18.7. The van der Waals surface area contributed by atoms with Crippen molar-refractivity contribution in [1.82, 2.24) is 9.62 Å². The molecule has 2 aliphatic rings. The summed E-state index contributed by atoms with van der Waals surface area (Å²) < 4.78 is 45.0.